The first kappa shape index (κ1) is 16.7. The number of para-hydroxylation sites is 2. The second-order valence-corrected chi connectivity index (χ2v) is 9.52. The van der Waals surface area contributed by atoms with Crippen LogP contribution in [0.4, 0.5) is 0 Å². The van der Waals surface area contributed by atoms with Crippen molar-refractivity contribution in [2.45, 2.75) is 0 Å². The van der Waals surface area contributed by atoms with E-state index < -0.39 is 0 Å². The van der Waals surface area contributed by atoms with Crippen molar-refractivity contribution in [1.82, 2.24) is 9.38 Å². The van der Waals surface area contributed by atoms with Gasteiger partial charge in [-0.2, -0.15) is 0 Å². The lowest BCUT2D eigenvalue weighted by molar-refractivity contribution is 1.32. The molecule has 3 heterocycles. The van der Waals surface area contributed by atoms with Gasteiger partial charge in [0.15, 0.2) is 0 Å². The van der Waals surface area contributed by atoms with E-state index in [0.717, 1.165) is 16.7 Å². The SMILES string of the molecule is c1ccc2c(c1)ccc1c2c2cc3sc4ccccc4c3cc2n2c3ccccc3nc12. The Bertz CT molecular complexity index is 2040. The summed E-state index contributed by atoms with van der Waals surface area (Å²) < 4.78 is 5.02. The molecule has 3 aromatic heterocycles. The monoisotopic (exact) mass is 424 g/mol. The summed E-state index contributed by atoms with van der Waals surface area (Å²) >= 11 is 1.88. The van der Waals surface area contributed by atoms with Crippen molar-refractivity contribution in [2.75, 3.05) is 0 Å². The summed E-state index contributed by atoms with van der Waals surface area (Å²) in [5.74, 6) is 0. The first-order chi connectivity index (χ1) is 15.9. The zero-order chi connectivity index (χ0) is 20.8. The Hall–Kier alpha value is -3.95. The van der Waals surface area contributed by atoms with Crippen molar-refractivity contribution >= 4 is 80.6 Å². The van der Waals surface area contributed by atoms with Crippen LogP contribution in [0, 0.1) is 0 Å². The van der Waals surface area contributed by atoms with Crippen molar-refractivity contribution in [3.05, 3.63) is 97.1 Å². The van der Waals surface area contributed by atoms with E-state index in [1.54, 1.807) is 0 Å². The maximum atomic E-state index is 5.10. The number of rotatable bonds is 0. The van der Waals surface area contributed by atoms with Gasteiger partial charge >= 0.3 is 0 Å². The van der Waals surface area contributed by atoms with Gasteiger partial charge in [0.05, 0.1) is 16.6 Å². The molecular weight excluding hydrogens is 408 g/mol. The number of aromatic nitrogens is 2. The zero-order valence-corrected chi connectivity index (χ0v) is 17.9. The lowest BCUT2D eigenvalue weighted by atomic mass is 9.98. The van der Waals surface area contributed by atoms with Crippen LogP contribution in [0.2, 0.25) is 0 Å². The Kier molecular flexibility index (Phi) is 3.05. The minimum atomic E-state index is 1.03. The number of nitrogens with zero attached hydrogens (tertiary/aromatic N) is 2. The molecule has 0 unspecified atom stereocenters. The fourth-order valence-corrected chi connectivity index (χ4v) is 6.47. The highest BCUT2D eigenvalue weighted by molar-refractivity contribution is 7.25. The molecule has 3 heteroatoms. The largest absolute Gasteiger partial charge is 0.292 e. The molecule has 8 aromatic rings. The third kappa shape index (κ3) is 2.02. The van der Waals surface area contributed by atoms with E-state index in [9.17, 15) is 0 Å². The molecule has 0 bridgehead atoms. The molecule has 0 aliphatic rings. The van der Waals surface area contributed by atoms with Gasteiger partial charge < -0.3 is 0 Å². The van der Waals surface area contributed by atoms with E-state index in [-0.39, 0.29) is 0 Å². The van der Waals surface area contributed by atoms with E-state index in [4.69, 9.17) is 4.98 Å². The van der Waals surface area contributed by atoms with Crippen LogP contribution in [0.15, 0.2) is 97.1 Å². The van der Waals surface area contributed by atoms with Crippen LogP contribution >= 0.6 is 11.3 Å². The summed E-state index contributed by atoms with van der Waals surface area (Å²) in [6.07, 6.45) is 0. The molecule has 0 radical (unpaired) electrons. The van der Waals surface area contributed by atoms with Gasteiger partial charge in [-0.1, -0.05) is 60.7 Å². The molecule has 0 atom stereocenters. The maximum Gasteiger partial charge on any atom is 0.146 e. The van der Waals surface area contributed by atoms with Gasteiger partial charge in [0, 0.05) is 36.3 Å². The van der Waals surface area contributed by atoms with Crippen LogP contribution in [-0.2, 0) is 0 Å². The average Bonchev–Trinajstić information content (AvgIpc) is 3.41. The lowest BCUT2D eigenvalue weighted by Gasteiger charge is -2.12. The van der Waals surface area contributed by atoms with Crippen LogP contribution in [-0.4, -0.2) is 9.38 Å². The summed E-state index contributed by atoms with van der Waals surface area (Å²) in [6.45, 7) is 0. The number of pyridine rings is 1. The molecule has 0 fully saturated rings. The Morgan fingerprint density at radius 1 is 0.562 bits per heavy atom. The predicted molar refractivity (Wildman–Crippen MR) is 138 cm³/mol. The van der Waals surface area contributed by atoms with Crippen LogP contribution < -0.4 is 0 Å². The number of imidazole rings is 1. The Morgan fingerprint density at radius 2 is 1.38 bits per heavy atom. The highest BCUT2D eigenvalue weighted by Crippen LogP contribution is 2.41. The van der Waals surface area contributed by atoms with Crippen molar-refractivity contribution in [2.24, 2.45) is 0 Å². The first-order valence-corrected chi connectivity index (χ1v) is 11.6. The number of thiophene rings is 1. The molecule has 8 rings (SSSR count). The van der Waals surface area contributed by atoms with E-state index in [1.165, 1.54) is 52.6 Å². The first-order valence-electron chi connectivity index (χ1n) is 10.8. The van der Waals surface area contributed by atoms with Crippen LogP contribution in [0.1, 0.15) is 0 Å². The number of hydrogen-bond donors (Lipinski definition) is 0. The molecule has 0 N–H and O–H groups in total. The van der Waals surface area contributed by atoms with Crippen LogP contribution in [0.5, 0.6) is 0 Å². The summed E-state index contributed by atoms with van der Waals surface area (Å²) in [5, 5.41) is 8.96. The fraction of sp³-hybridized carbons (Fsp3) is 0. The van der Waals surface area contributed by atoms with Gasteiger partial charge in [-0.15, -0.1) is 11.3 Å². The summed E-state index contributed by atoms with van der Waals surface area (Å²) in [5.41, 5.74) is 4.43. The summed E-state index contributed by atoms with van der Waals surface area (Å²) in [7, 11) is 0. The smallest absolute Gasteiger partial charge is 0.146 e. The minimum absolute atomic E-state index is 1.03. The molecule has 5 aromatic carbocycles. The van der Waals surface area contributed by atoms with Crippen molar-refractivity contribution in [3.63, 3.8) is 0 Å². The van der Waals surface area contributed by atoms with Gasteiger partial charge in [-0.25, -0.2) is 4.98 Å². The lowest BCUT2D eigenvalue weighted by Crippen LogP contribution is -1.92. The molecule has 32 heavy (non-hydrogen) atoms. The van der Waals surface area contributed by atoms with Gasteiger partial charge in [-0.3, -0.25) is 4.40 Å². The molecule has 0 aliphatic carbocycles. The summed E-state index contributed by atoms with van der Waals surface area (Å²) in [6, 6.07) is 35.1. The molecule has 148 valence electrons. The number of benzene rings is 5. The van der Waals surface area contributed by atoms with Crippen LogP contribution in [0.3, 0.4) is 0 Å². The Labute approximate surface area is 186 Å². The van der Waals surface area contributed by atoms with Crippen molar-refractivity contribution in [1.29, 1.82) is 0 Å². The quantitative estimate of drug-likeness (QED) is 0.224. The van der Waals surface area contributed by atoms with E-state index in [1.807, 2.05) is 11.3 Å². The second-order valence-electron chi connectivity index (χ2n) is 8.43. The van der Waals surface area contributed by atoms with Crippen molar-refractivity contribution in [3.8, 4) is 0 Å². The van der Waals surface area contributed by atoms with E-state index >= 15 is 0 Å². The highest BCUT2D eigenvalue weighted by Gasteiger charge is 2.17. The topological polar surface area (TPSA) is 17.3 Å². The highest BCUT2D eigenvalue weighted by atomic mass is 32.1. The standard InChI is InChI=1S/C29H16N2S/c1-2-8-18-17(7-1)13-14-20-28(18)22-16-27-21(19-9-3-6-12-26(19)32-27)15-25(22)31-24-11-5-4-10-23(24)30-29(20)31/h1-16H. The minimum Gasteiger partial charge on any atom is -0.292 e. The average molecular weight is 425 g/mol. The fourth-order valence-electron chi connectivity index (χ4n) is 5.34. The number of fused-ring (bicyclic) bond motifs is 13. The zero-order valence-electron chi connectivity index (χ0n) is 17.0. The molecule has 0 saturated heterocycles. The third-order valence-electron chi connectivity index (χ3n) is 6.74. The molecule has 2 nitrogen and oxygen atoms in total. The third-order valence-corrected chi connectivity index (χ3v) is 7.87. The van der Waals surface area contributed by atoms with E-state index in [0.29, 0.717) is 0 Å². The number of hydrogen-bond acceptors (Lipinski definition) is 2. The second kappa shape index (κ2) is 5.84. The van der Waals surface area contributed by atoms with Gasteiger partial charge in [0.1, 0.15) is 5.65 Å². The molecular formula is C29H16N2S. The molecule has 0 amide bonds. The summed E-state index contributed by atoms with van der Waals surface area (Å²) in [4.78, 5) is 5.10. The van der Waals surface area contributed by atoms with Gasteiger partial charge in [-0.05, 0) is 47.2 Å². The molecule has 0 saturated carbocycles. The predicted octanol–water partition coefficient (Wildman–Crippen LogP) is 8.31. The Morgan fingerprint density at radius 3 is 2.34 bits per heavy atom. The normalized spacial score (nSPS) is 12.4. The van der Waals surface area contributed by atoms with Gasteiger partial charge in [0.25, 0.3) is 0 Å². The Balaban J connectivity index is 1.76. The molecule has 0 spiro atoms. The maximum absolute atomic E-state index is 5.10. The van der Waals surface area contributed by atoms with Crippen molar-refractivity contribution < 1.29 is 0 Å². The molecule has 0 aliphatic heterocycles. The van der Waals surface area contributed by atoms with E-state index in [2.05, 4.69) is 101 Å². The van der Waals surface area contributed by atoms with Crippen LogP contribution in [0.25, 0.3) is 69.3 Å². The van der Waals surface area contributed by atoms with Gasteiger partial charge in [0.2, 0.25) is 0 Å².